The van der Waals surface area contributed by atoms with Gasteiger partial charge in [-0.25, -0.2) is 0 Å². The maximum atomic E-state index is 12.7. The number of ether oxygens (including phenoxy) is 1. The largest absolute Gasteiger partial charge is 0.416 e. The van der Waals surface area contributed by atoms with Gasteiger partial charge in [0.1, 0.15) is 0 Å². The summed E-state index contributed by atoms with van der Waals surface area (Å²) in [5.74, 6) is 0. The van der Waals surface area contributed by atoms with Crippen molar-refractivity contribution in [1.29, 1.82) is 0 Å². The van der Waals surface area contributed by atoms with E-state index in [2.05, 4.69) is 29.0 Å². The molecule has 2 aliphatic rings. The van der Waals surface area contributed by atoms with E-state index in [0.29, 0.717) is 0 Å². The van der Waals surface area contributed by atoms with Crippen LogP contribution in [0.1, 0.15) is 25.0 Å². The Labute approximate surface area is 196 Å². The molecule has 1 aromatic carbocycles. The molecular formula is C20H33Cl3F3N3O. The molecule has 0 aliphatic carbocycles. The van der Waals surface area contributed by atoms with Crippen molar-refractivity contribution in [3.8, 4) is 0 Å². The Hall–Kier alpha value is -0.280. The highest BCUT2D eigenvalue weighted by molar-refractivity contribution is 5.86. The summed E-state index contributed by atoms with van der Waals surface area (Å²) < 4.78 is 43.8. The molecule has 0 amide bonds. The van der Waals surface area contributed by atoms with Gasteiger partial charge in [-0.15, -0.1) is 37.2 Å². The van der Waals surface area contributed by atoms with Crippen LogP contribution in [0.25, 0.3) is 0 Å². The molecule has 2 unspecified atom stereocenters. The van der Waals surface area contributed by atoms with Crippen molar-refractivity contribution >= 4 is 37.2 Å². The van der Waals surface area contributed by atoms with E-state index in [0.717, 1.165) is 57.8 Å². The predicted octanol–water partition coefficient (Wildman–Crippen LogP) is 3.90. The van der Waals surface area contributed by atoms with Crippen LogP contribution in [0.15, 0.2) is 24.3 Å². The van der Waals surface area contributed by atoms with E-state index < -0.39 is 11.7 Å². The zero-order valence-corrected chi connectivity index (χ0v) is 19.8. The Balaban J connectivity index is 0.00000280. The van der Waals surface area contributed by atoms with Crippen LogP contribution >= 0.6 is 37.2 Å². The Morgan fingerprint density at radius 3 is 2.07 bits per heavy atom. The third-order valence-corrected chi connectivity index (χ3v) is 5.33. The molecule has 2 saturated heterocycles. The van der Waals surface area contributed by atoms with Crippen molar-refractivity contribution in [2.75, 3.05) is 45.8 Å². The van der Waals surface area contributed by atoms with E-state index >= 15 is 0 Å². The second-order valence-corrected chi connectivity index (χ2v) is 7.87. The standard InChI is InChI=1S/C20H30F3N3O.3ClH/c1-15-12-26(13-16(2)27-15)10-9-25-8-7-24-19(14-25)11-17-3-5-18(6-4-17)20(21,22)23;;;/h3-6,15-16,19,24H,7-14H2,1-2H3;3*1H/t15?,16?,19-;;;/m1.../s1. The van der Waals surface area contributed by atoms with Crippen LogP contribution in [0.3, 0.4) is 0 Å². The molecular weight excluding hydrogens is 462 g/mol. The quantitative estimate of drug-likeness (QED) is 0.672. The number of nitrogens with one attached hydrogen (secondary N) is 1. The lowest BCUT2D eigenvalue weighted by molar-refractivity contribution is -0.137. The summed E-state index contributed by atoms with van der Waals surface area (Å²) in [6, 6.07) is 5.82. The molecule has 10 heteroatoms. The third kappa shape index (κ3) is 9.07. The SMILES string of the molecule is CC1CN(CCN2CCN[C@H](Cc3ccc(C(F)(F)F)cc3)C2)CC(C)O1.Cl.Cl.Cl. The lowest BCUT2D eigenvalue weighted by atomic mass is 10.0. The van der Waals surface area contributed by atoms with Gasteiger partial charge in [0.15, 0.2) is 0 Å². The molecule has 3 rings (SSSR count). The van der Waals surface area contributed by atoms with Gasteiger partial charge >= 0.3 is 6.18 Å². The summed E-state index contributed by atoms with van der Waals surface area (Å²) in [4.78, 5) is 4.92. The summed E-state index contributed by atoms with van der Waals surface area (Å²) in [7, 11) is 0. The van der Waals surface area contributed by atoms with Crippen molar-refractivity contribution in [2.24, 2.45) is 0 Å². The number of benzene rings is 1. The molecule has 2 aliphatic heterocycles. The van der Waals surface area contributed by atoms with Gasteiger partial charge in [-0.2, -0.15) is 13.2 Å². The zero-order chi connectivity index (χ0) is 19.4. The number of piperazine rings is 1. The van der Waals surface area contributed by atoms with E-state index in [-0.39, 0.29) is 55.5 Å². The highest BCUT2D eigenvalue weighted by Crippen LogP contribution is 2.29. The van der Waals surface area contributed by atoms with E-state index in [1.807, 2.05) is 0 Å². The molecule has 4 nitrogen and oxygen atoms in total. The first kappa shape index (κ1) is 29.7. The fraction of sp³-hybridized carbons (Fsp3) is 0.700. The van der Waals surface area contributed by atoms with Gasteiger partial charge in [-0.3, -0.25) is 9.80 Å². The average Bonchev–Trinajstić information content (AvgIpc) is 2.59. The van der Waals surface area contributed by atoms with Crippen LogP contribution in [0, 0.1) is 0 Å². The first-order valence-electron chi connectivity index (χ1n) is 9.79. The number of hydrogen-bond donors (Lipinski definition) is 1. The fourth-order valence-electron chi connectivity index (χ4n) is 4.10. The van der Waals surface area contributed by atoms with E-state index in [1.165, 1.54) is 12.1 Å². The van der Waals surface area contributed by atoms with Gasteiger partial charge in [0.05, 0.1) is 17.8 Å². The number of alkyl halides is 3. The van der Waals surface area contributed by atoms with Gasteiger partial charge in [-0.1, -0.05) is 12.1 Å². The van der Waals surface area contributed by atoms with Crippen LogP contribution in [0.2, 0.25) is 0 Å². The molecule has 0 radical (unpaired) electrons. The smallest absolute Gasteiger partial charge is 0.373 e. The highest BCUT2D eigenvalue weighted by Gasteiger charge is 2.30. The van der Waals surface area contributed by atoms with Crippen LogP contribution < -0.4 is 5.32 Å². The van der Waals surface area contributed by atoms with Crippen molar-refractivity contribution < 1.29 is 17.9 Å². The predicted molar refractivity (Wildman–Crippen MR) is 122 cm³/mol. The monoisotopic (exact) mass is 493 g/mol. The molecule has 1 N–H and O–H groups in total. The van der Waals surface area contributed by atoms with Crippen LogP contribution in [0.4, 0.5) is 13.2 Å². The molecule has 2 heterocycles. The highest BCUT2D eigenvalue weighted by atomic mass is 35.5. The molecule has 0 saturated carbocycles. The number of nitrogens with zero attached hydrogens (tertiary/aromatic N) is 2. The molecule has 0 bridgehead atoms. The summed E-state index contributed by atoms with van der Waals surface area (Å²) in [6.07, 6.45) is -2.96. The zero-order valence-electron chi connectivity index (χ0n) is 17.4. The van der Waals surface area contributed by atoms with Gasteiger partial charge < -0.3 is 10.1 Å². The van der Waals surface area contributed by atoms with Crippen molar-refractivity contribution in [2.45, 2.75) is 44.7 Å². The summed E-state index contributed by atoms with van der Waals surface area (Å²) in [5.41, 5.74) is 0.358. The fourth-order valence-corrected chi connectivity index (χ4v) is 4.10. The van der Waals surface area contributed by atoms with E-state index in [4.69, 9.17) is 4.74 Å². The van der Waals surface area contributed by atoms with Gasteiger partial charge in [0.25, 0.3) is 0 Å². The number of hydrogen-bond acceptors (Lipinski definition) is 4. The van der Waals surface area contributed by atoms with Gasteiger partial charge in [0.2, 0.25) is 0 Å². The van der Waals surface area contributed by atoms with Crippen molar-refractivity contribution in [1.82, 2.24) is 15.1 Å². The molecule has 2 fully saturated rings. The van der Waals surface area contributed by atoms with Crippen molar-refractivity contribution in [3.05, 3.63) is 35.4 Å². The summed E-state index contributed by atoms with van der Waals surface area (Å²) in [5, 5.41) is 3.50. The molecule has 30 heavy (non-hydrogen) atoms. The van der Waals surface area contributed by atoms with Gasteiger partial charge in [-0.05, 0) is 38.0 Å². The second-order valence-electron chi connectivity index (χ2n) is 7.87. The van der Waals surface area contributed by atoms with E-state index in [1.54, 1.807) is 12.1 Å². The minimum atomic E-state index is -4.27. The Bertz CT molecular complexity index is 597. The van der Waals surface area contributed by atoms with Crippen molar-refractivity contribution in [3.63, 3.8) is 0 Å². The Kier molecular flexibility index (Phi) is 13.2. The molecule has 176 valence electrons. The first-order chi connectivity index (χ1) is 12.8. The van der Waals surface area contributed by atoms with Gasteiger partial charge in [0, 0.05) is 51.9 Å². The minimum Gasteiger partial charge on any atom is -0.373 e. The Morgan fingerprint density at radius 2 is 1.50 bits per heavy atom. The number of halogens is 6. The number of rotatable bonds is 5. The normalized spacial score (nSPS) is 25.6. The molecule has 0 spiro atoms. The maximum absolute atomic E-state index is 12.7. The lowest BCUT2D eigenvalue weighted by Crippen LogP contribution is -2.54. The maximum Gasteiger partial charge on any atom is 0.416 e. The van der Waals surface area contributed by atoms with E-state index in [9.17, 15) is 13.2 Å². The lowest BCUT2D eigenvalue weighted by Gasteiger charge is -2.38. The van der Waals surface area contributed by atoms with Crippen LogP contribution in [-0.2, 0) is 17.3 Å². The third-order valence-electron chi connectivity index (χ3n) is 5.33. The van der Waals surface area contributed by atoms with Crippen LogP contribution in [0.5, 0.6) is 0 Å². The minimum absolute atomic E-state index is 0. The summed E-state index contributed by atoms with van der Waals surface area (Å²) in [6.45, 7) is 11.1. The summed E-state index contributed by atoms with van der Waals surface area (Å²) >= 11 is 0. The molecule has 0 aromatic heterocycles. The molecule has 3 atom stereocenters. The first-order valence-corrected chi connectivity index (χ1v) is 9.79. The molecule has 1 aromatic rings. The second kappa shape index (κ2) is 13.3. The topological polar surface area (TPSA) is 27.7 Å². The Morgan fingerprint density at radius 1 is 0.933 bits per heavy atom. The average molecular weight is 495 g/mol. The number of morpholine rings is 1. The van der Waals surface area contributed by atoms with Crippen LogP contribution in [-0.4, -0.2) is 73.9 Å².